The Kier molecular flexibility index (Phi) is 14.9. The minimum Gasteiger partial charge on any atom is -0.481 e. The molecule has 0 saturated heterocycles. The quantitative estimate of drug-likeness (QED) is 0.133. The van der Waals surface area contributed by atoms with Crippen LogP contribution in [-0.4, -0.2) is 47.2 Å². The summed E-state index contributed by atoms with van der Waals surface area (Å²) in [5.74, 6) is -0.674. The van der Waals surface area contributed by atoms with Gasteiger partial charge in [-0.05, 0) is 75.6 Å². The van der Waals surface area contributed by atoms with Crippen molar-refractivity contribution < 1.29 is 50.2 Å². The Hall–Kier alpha value is -3.74. The van der Waals surface area contributed by atoms with Crippen molar-refractivity contribution in [2.24, 2.45) is 0 Å². The van der Waals surface area contributed by atoms with Gasteiger partial charge in [0, 0.05) is 23.8 Å². The third-order valence-corrected chi connectivity index (χ3v) is 7.25. The number of ether oxygens (including phenoxy) is 1. The van der Waals surface area contributed by atoms with Crippen LogP contribution in [0.15, 0.2) is 48.6 Å². The lowest BCUT2D eigenvalue weighted by molar-refractivity contribution is -0.143. The molecule has 6 nitrogen and oxygen atoms in total. The summed E-state index contributed by atoms with van der Waals surface area (Å²) < 4.78 is 98.7. The summed E-state index contributed by atoms with van der Waals surface area (Å²) in [7, 11) is 1.55. The average molecular weight is 649 g/mol. The molecule has 1 aromatic heterocycles. The summed E-state index contributed by atoms with van der Waals surface area (Å²) in [6.07, 6.45) is -8.84. The van der Waals surface area contributed by atoms with Gasteiger partial charge in [0.2, 0.25) is 0 Å². The zero-order valence-corrected chi connectivity index (χ0v) is 26.0. The van der Waals surface area contributed by atoms with Gasteiger partial charge in [-0.3, -0.25) is 19.5 Å². The molecular formula is C32H39F7N2O4. The predicted molar refractivity (Wildman–Crippen MR) is 157 cm³/mol. The van der Waals surface area contributed by atoms with Crippen LogP contribution in [0.5, 0.6) is 0 Å². The monoisotopic (exact) mass is 648 g/mol. The highest BCUT2D eigenvalue weighted by atomic mass is 19.4. The number of hydrogen-bond acceptors (Lipinski definition) is 5. The number of aliphatic carboxylic acids is 1. The first-order chi connectivity index (χ1) is 20.8. The number of pyridine rings is 1. The summed E-state index contributed by atoms with van der Waals surface area (Å²) >= 11 is 0. The fraction of sp³-hybridized carbons (Fsp3) is 0.469. The van der Waals surface area contributed by atoms with E-state index in [1.807, 2.05) is 20.8 Å². The van der Waals surface area contributed by atoms with Gasteiger partial charge in [0.15, 0.2) is 0 Å². The maximum absolute atomic E-state index is 13.4. The number of rotatable bonds is 13. The number of carboxylic acid groups (broad SMARTS) is 1. The summed E-state index contributed by atoms with van der Waals surface area (Å²) in [5.41, 5.74) is -0.817. The molecule has 13 heteroatoms. The largest absolute Gasteiger partial charge is 0.481 e. The van der Waals surface area contributed by atoms with Crippen molar-refractivity contribution >= 4 is 18.0 Å². The lowest BCUT2D eigenvalue weighted by atomic mass is 9.96. The van der Waals surface area contributed by atoms with Crippen molar-refractivity contribution in [2.45, 2.75) is 84.4 Å². The Labute approximate surface area is 258 Å². The molecule has 0 saturated carbocycles. The normalized spacial score (nSPS) is 14.2. The third-order valence-electron chi connectivity index (χ3n) is 7.25. The molecule has 1 heterocycles. The van der Waals surface area contributed by atoms with E-state index in [2.05, 4.69) is 11.6 Å². The van der Waals surface area contributed by atoms with Crippen LogP contribution in [0.4, 0.5) is 30.7 Å². The van der Waals surface area contributed by atoms with Gasteiger partial charge in [-0.2, -0.15) is 26.3 Å². The molecule has 0 aliphatic rings. The minimum atomic E-state index is -5.06. The van der Waals surface area contributed by atoms with Crippen LogP contribution in [-0.2, 0) is 33.2 Å². The number of alkyl halides is 7. The standard InChI is InChI=1S/C26H29F7N2O2.C6H10O2/c1-6-15(2)22-8-7-21(16(3)12-27)23(34-22)13-35(5)17(4)24(37-14-36)18-9-19(25(28,29)30)11-20(10-18)26(31,32)33;1-3-5(2)4-6(7)8/h7-11,14-15,17,24H,3,6,12-13H2,1-2,4-5H3;3H,4H2,1-2H3,(H,7,8)/b;5-3+. The number of benzene rings is 1. The molecule has 0 bridgehead atoms. The van der Waals surface area contributed by atoms with Crippen molar-refractivity contribution in [1.29, 1.82) is 0 Å². The van der Waals surface area contributed by atoms with E-state index in [-0.39, 0.29) is 37.0 Å². The fourth-order valence-electron chi connectivity index (χ4n) is 4.14. The van der Waals surface area contributed by atoms with Gasteiger partial charge in [0.05, 0.1) is 23.2 Å². The second-order valence-electron chi connectivity index (χ2n) is 10.6. The number of likely N-dealkylation sites (N-methyl/N-ethyl adjacent to an activating group) is 1. The van der Waals surface area contributed by atoms with Gasteiger partial charge in [-0.25, -0.2) is 4.39 Å². The predicted octanol–water partition coefficient (Wildman–Crippen LogP) is 8.78. The second-order valence-corrected chi connectivity index (χ2v) is 10.6. The number of allylic oxidation sites excluding steroid dienone is 2. The zero-order chi connectivity index (χ0) is 34.7. The summed E-state index contributed by atoms with van der Waals surface area (Å²) in [5, 5.41) is 8.17. The van der Waals surface area contributed by atoms with Gasteiger partial charge < -0.3 is 9.84 Å². The average Bonchev–Trinajstić information content (AvgIpc) is 2.97. The zero-order valence-electron chi connectivity index (χ0n) is 26.0. The number of nitrogens with zero attached hydrogens (tertiary/aromatic N) is 2. The lowest BCUT2D eigenvalue weighted by Gasteiger charge is -2.32. The molecule has 1 N–H and O–H groups in total. The second kappa shape index (κ2) is 17.1. The molecule has 0 radical (unpaired) electrons. The number of halogens is 7. The van der Waals surface area contributed by atoms with E-state index >= 15 is 0 Å². The Morgan fingerprint density at radius 1 is 1.09 bits per heavy atom. The van der Waals surface area contributed by atoms with E-state index in [0.29, 0.717) is 23.4 Å². The maximum Gasteiger partial charge on any atom is 0.416 e. The van der Waals surface area contributed by atoms with Gasteiger partial charge in [-0.15, -0.1) is 0 Å². The number of hydrogen-bond donors (Lipinski definition) is 1. The topological polar surface area (TPSA) is 79.7 Å². The number of carbonyl (C=O) groups is 2. The number of aromatic nitrogens is 1. The first-order valence-electron chi connectivity index (χ1n) is 14.0. The molecule has 3 atom stereocenters. The molecule has 2 rings (SSSR count). The highest BCUT2D eigenvalue weighted by molar-refractivity contribution is 5.69. The van der Waals surface area contributed by atoms with Gasteiger partial charge in [0.25, 0.3) is 6.47 Å². The van der Waals surface area contributed by atoms with Gasteiger partial charge >= 0.3 is 18.3 Å². The van der Waals surface area contributed by atoms with E-state index in [1.165, 1.54) is 6.92 Å². The fourth-order valence-corrected chi connectivity index (χ4v) is 4.14. The lowest BCUT2D eigenvalue weighted by Crippen LogP contribution is -2.36. The minimum absolute atomic E-state index is 0.00894. The molecule has 0 aliphatic carbocycles. The SMILES string of the molecule is C/C=C(\C)CC(=O)O.C=C(CF)c1ccc(C(C)CC)nc1CN(C)C(C)C(OC=O)c1cc(C(F)(F)F)cc(C(F)(F)F)c1. The first-order valence-corrected chi connectivity index (χ1v) is 14.0. The Bertz CT molecular complexity index is 1310. The van der Waals surface area contributed by atoms with Crippen LogP contribution in [0.2, 0.25) is 0 Å². The molecule has 3 unspecified atom stereocenters. The van der Waals surface area contributed by atoms with Crippen molar-refractivity contribution in [3.8, 4) is 0 Å². The van der Waals surface area contributed by atoms with Gasteiger partial charge in [-0.1, -0.05) is 38.1 Å². The van der Waals surface area contributed by atoms with E-state index in [9.17, 15) is 40.3 Å². The van der Waals surface area contributed by atoms with E-state index < -0.39 is 53.8 Å². The van der Waals surface area contributed by atoms with Crippen LogP contribution in [0.1, 0.15) is 93.1 Å². The summed E-state index contributed by atoms with van der Waals surface area (Å²) in [4.78, 5) is 27.3. The first kappa shape index (κ1) is 39.3. The maximum atomic E-state index is 13.4. The smallest absolute Gasteiger partial charge is 0.416 e. The van der Waals surface area contributed by atoms with E-state index in [4.69, 9.17) is 9.84 Å². The van der Waals surface area contributed by atoms with Crippen LogP contribution >= 0.6 is 0 Å². The van der Waals surface area contributed by atoms with Crippen LogP contribution in [0.3, 0.4) is 0 Å². The summed E-state index contributed by atoms with van der Waals surface area (Å²) in [6.45, 7) is 11.9. The Morgan fingerprint density at radius 3 is 2.04 bits per heavy atom. The molecule has 45 heavy (non-hydrogen) atoms. The van der Waals surface area contributed by atoms with E-state index in [0.717, 1.165) is 17.7 Å². The Balaban J connectivity index is 0.00000111. The number of carbonyl (C=O) groups excluding carboxylic acids is 1. The third kappa shape index (κ3) is 11.9. The van der Waals surface area contributed by atoms with Gasteiger partial charge in [0.1, 0.15) is 12.8 Å². The molecular weight excluding hydrogens is 609 g/mol. The molecule has 0 amide bonds. The van der Waals surface area contributed by atoms with Crippen molar-refractivity contribution in [3.63, 3.8) is 0 Å². The number of carboxylic acids is 1. The highest BCUT2D eigenvalue weighted by Crippen LogP contribution is 2.39. The summed E-state index contributed by atoms with van der Waals surface area (Å²) in [6, 6.07) is 3.63. The molecule has 0 spiro atoms. The molecule has 1 aromatic carbocycles. The molecule has 0 fully saturated rings. The van der Waals surface area contributed by atoms with Crippen molar-refractivity contribution in [3.05, 3.63) is 82.2 Å². The van der Waals surface area contributed by atoms with Crippen molar-refractivity contribution in [1.82, 2.24) is 9.88 Å². The Morgan fingerprint density at radius 2 is 1.64 bits per heavy atom. The van der Waals surface area contributed by atoms with E-state index in [1.54, 1.807) is 37.1 Å². The highest BCUT2D eigenvalue weighted by Gasteiger charge is 2.38. The molecule has 0 aliphatic heterocycles. The van der Waals surface area contributed by atoms with Crippen LogP contribution in [0.25, 0.3) is 5.57 Å². The van der Waals surface area contributed by atoms with Crippen molar-refractivity contribution in [2.75, 3.05) is 13.7 Å². The molecule has 250 valence electrons. The molecule has 2 aromatic rings. The van der Waals surface area contributed by atoms with Crippen LogP contribution in [0, 0.1) is 0 Å². The van der Waals surface area contributed by atoms with Crippen LogP contribution < -0.4 is 0 Å².